The summed E-state index contributed by atoms with van der Waals surface area (Å²) in [6.07, 6.45) is 1.72. The van der Waals surface area contributed by atoms with Crippen molar-refractivity contribution in [1.29, 1.82) is 0 Å². The molecule has 0 aliphatic carbocycles. The van der Waals surface area contributed by atoms with Crippen LogP contribution in [0.5, 0.6) is 0 Å². The summed E-state index contributed by atoms with van der Waals surface area (Å²) in [6, 6.07) is 11.9. The van der Waals surface area contributed by atoms with Crippen LogP contribution < -0.4 is 11.1 Å². The van der Waals surface area contributed by atoms with Crippen LogP contribution in [-0.4, -0.2) is 4.98 Å². The molecule has 0 bridgehead atoms. The molecule has 15 heavy (non-hydrogen) atoms. The molecule has 1 aromatic heterocycles. The molecule has 1 aromatic carbocycles. The van der Waals surface area contributed by atoms with E-state index in [1.807, 2.05) is 18.2 Å². The van der Waals surface area contributed by atoms with Gasteiger partial charge in [-0.2, -0.15) is 0 Å². The third-order valence-electron chi connectivity index (χ3n) is 2.09. The van der Waals surface area contributed by atoms with E-state index >= 15 is 0 Å². The Morgan fingerprint density at radius 3 is 2.67 bits per heavy atom. The van der Waals surface area contributed by atoms with Crippen LogP contribution in [0.15, 0.2) is 42.6 Å². The van der Waals surface area contributed by atoms with Crippen LogP contribution in [-0.2, 0) is 0 Å². The Morgan fingerprint density at radius 2 is 2.00 bits per heavy atom. The van der Waals surface area contributed by atoms with E-state index in [9.17, 15) is 0 Å². The van der Waals surface area contributed by atoms with Gasteiger partial charge in [0.25, 0.3) is 0 Å². The molecule has 0 unspecified atom stereocenters. The molecule has 0 aliphatic heterocycles. The lowest BCUT2D eigenvalue weighted by molar-refractivity contribution is 1.33. The second-order valence-corrected chi connectivity index (χ2v) is 3.47. The largest absolute Gasteiger partial charge is 0.384 e. The van der Waals surface area contributed by atoms with E-state index in [4.69, 9.17) is 5.73 Å². The number of anilines is 3. The van der Waals surface area contributed by atoms with Gasteiger partial charge < -0.3 is 11.1 Å². The molecule has 0 aliphatic rings. The van der Waals surface area contributed by atoms with E-state index < -0.39 is 0 Å². The smallest absolute Gasteiger partial charge is 0.123 e. The predicted molar refractivity (Wildman–Crippen MR) is 63.1 cm³/mol. The van der Waals surface area contributed by atoms with Crippen LogP contribution in [0.4, 0.5) is 17.2 Å². The first-order valence-electron chi connectivity index (χ1n) is 4.79. The Hall–Kier alpha value is -2.03. The van der Waals surface area contributed by atoms with E-state index in [2.05, 4.69) is 29.4 Å². The zero-order chi connectivity index (χ0) is 10.7. The third-order valence-corrected chi connectivity index (χ3v) is 2.09. The molecule has 76 valence electrons. The van der Waals surface area contributed by atoms with Crippen LogP contribution >= 0.6 is 0 Å². The first-order valence-corrected chi connectivity index (χ1v) is 4.79. The maximum atomic E-state index is 5.51. The average Bonchev–Trinajstić information content (AvgIpc) is 2.22. The van der Waals surface area contributed by atoms with Gasteiger partial charge in [0, 0.05) is 5.69 Å². The lowest BCUT2D eigenvalue weighted by Gasteiger charge is -2.06. The fourth-order valence-electron chi connectivity index (χ4n) is 1.37. The first-order chi connectivity index (χ1) is 7.24. The van der Waals surface area contributed by atoms with E-state index in [1.54, 1.807) is 12.3 Å². The van der Waals surface area contributed by atoms with Crippen molar-refractivity contribution in [2.24, 2.45) is 0 Å². The van der Waals surface area contributed by atoms with Gasteiger partial charge in [0.2, 0.25) is 0 Å². The van der Waals surface area contributed by atoms with Gasteiger partial charge in [-0.15, -0.1) is 0 Å². The minimum Gasteiger partial charge on any atom is -0.384 e. The van der Waals surface area contributed by atoms with Crippen molar-refractivity contribution in [3.8, 4) is 0 Å². The number of pyridine rings is 1. The number of nitrogens with two attached hydrogens (primary N) is 1. The number of nitrogens with one attached hydrogen (secondary N) is 1. The maximum Gasteiger partial charge on any atom is 0.123 e. The molecule has 0 saturated heterocycles. The molecule has 3 N–H and O–H groups in total. The molecule has 0 spiro atoms. The van der Waals surface area contributed by atoms with Gasteiger partial charge in [0.15, 0.2) is 0 Å². The summed E-state index contributed by atoms with van der Waals surface area (Å²) in [6.45, 7) is 2.06. The molecule has 0 amide bonds. The van der Waals surface area contributed by atoms with Gasteiger partial charge in [0.05, 0.1) is 11.9 Å². The maximum absolute atomic E-state index is 5.51. The molecule has 3 heteroatoms. The van der Waals surface area contributed by atoms with Gasteiger partial charge >= 0.3 is 0 Å². The van der Waals surface area contributed by atoms with E-state index in [1.165, 1.54) is 5.56 Å². The van der Waals surface area contributed by atoms with Crippen LogP contribution in [0.1, 0.15) is 5.56 Å². The summed E-state index contributed by atoms with van der Waals surface area (Å²) < 4.78 is 0. The number of rotatable bonds is 2. The van der Waals surface area contributed by atoms with Gasteiger partial charge in [-0.25, -0.2) is 4.98 Å². The van der Waals surface area contributed by atoms with E-state index in [-0.39, 0.29) is 0 Å². The zero-order valence-electron chi connectivity index (χ0n) is 8.57. The van der Waals surface area contributed by atoms with Crippen molar-refractivity contribution in [3.63, 3.8) is 0 Å². The first kappa shape index (κ1) is 9.52. The minimum absolute atomic E-state index is 0.532. The Labute approximate surface area is 89.0 Å². The highest BCUT2D eigenvalue weighted by Gasteiger charge is 1.94. The minimum atomic E-state index is 0.532. The van der Waals surface area contributed by atoms with E-state index in [0.717, 1.165) is 11.4 Å². The second kappa shape index (κ2) is 4.00. The fraction of sp³-hybridized carbons (Fsp3) is 0.0833. The summed E-state index contributed by atoms with van der Waals surface area (Å²) >= 11 is 0. The standard InChI is InChI=1S/C12H13N3/c1-9-3-2-4-10(7-9)15-11-5-6-12(13)14-8-11/h2-8,15H,1H3,(H2,13,14). The molecule has 0 fully saturated rings. The number of hydrogen-bond acceptors (Lipinski definition) is 3. The zero-order valence-corrected chi connectivity index (χ0v) is 8.57. The fourth-order valence-corrected chi connectivity index (χ4v) is 1.37. The van der Waals surface area contributed by atoms with Crippen LogP contribution in [0, 0.1) is 6.92 Å². The lowest BCUT2D eigenvalue weighted by Crippen LogP contribution is -1.93. The number of aryl methyl sites for hydroxylation is 1. The molecule has 2 rings (SSSR count). The Morgan fingerprint density at radius 1 is 1.13 bits per heavy atom. The molecule has 1 heterocycles. The molecule has 0 radical (unpaired) electrons. The number of hydrogen-bond donors (Lipinski definition) is 2. The Kier molecular flexibility index (Phi) is 2.54. The van der Waals surface area contributed by atoms with Crippen LogP contribution in [0.3, 0.4) is 0 Å². The lowest BCUT2D eigenvalue weighted by atomic mass is 10.2. The van der Waals surface area contributed by atoms with Crippen molar-refractivity contribution in [1.82, 2.24) is 4.98 Å². The molecule has 3 nitrogen and oxygen atoms in total. The van der Waals surface area contributed by atoms with Gasteiger partial charge in [0.1, 0.15) is 5.82 Å². The third kappa shape index (κ3) is 2.47. The summed E-state index contributed by atoms with van der Waals surface area (Å²) in [5.41, 5.74) is 8.73. The number of benzene rings is 1. The second-order valence-electron chi connectivity index (χ2n) is 3.47. The monoisotopic (exact) mass is 199 g/mol. The van der Waals surface area contributed by atoms with Crippen molar-refractivity contribution >= 4 is 17.2 Å². The Bertz CT molecular complexity index is 449. The van der Waals surface area contributed by atoms with Crippen molar-refractivity contribution in [2.75, 3.05) is 11.1 Å². The topological polar surface area (TPSA) is 50.9 Å². The van der Waals surface area contributed by atoms with Crippen molar-refractivity contribution < 1.29 is 0 Å². The molecule has 0 atom stereocenters. The van der Waals surface area contributed by atoms with Gasteiger partial charge in [-0.3, -0.25) is 0 Å². The van der Waals surface area contributed by atoms with Crippen LogP contribution in [0.25, 0.3) is 0 Å². The average molecular weight is 199 g/mol. The van der Waals surface area contributed by atoms with Gasteiger partial charge in [-0.05, 0) is 36.8 Å². The Balaban J connectivity index is 2.18. The molecule has 0 saturated carbocycles. The summed E-state index contributed by atoms with van der Waals surface area (Å²) in [4.78, 5) is 4.01. The highest BCUT2D eigenvalue weighted by molar-refractivity contribution is 5.60. The molecule has 2 aromatic rings. The van der Waals surface area contributed by atoms with E-state index in [0.29, 0.717) is 5.82 Å². The molecular formula is C12H13N3. The number of nitrogen functional groups attached to an aromatic ring is 1. The van der Waals surface area contributed by atoms with Crippen molar-refractivity contribution in [2.45, 2.75) is 6.92 Å². The highest BCUT2D eigenvalue weighted by Crippen LogP contribution is 2.16. The van der Waals surface area contributed by atoms with Crippen LogP contribution in [0.2, 0.25) is 0 Å². The normalized spacial score (nSPS) is 9.93. The summed E-state index contributed by atoms with van der Waals surface area (Å²) in [7, 11) is 0. The predicted octanol–water partition coefficient (Wildman–Crippen LogP) is 2.72. The van der Waals surface area contributed by atoms with Gasteiger partial charge in [-0.1, -0.05) is 12.1 Å². The number of nitrogens with zero attached hydrogens (tertiary/aromatic N) is 1. The quantitative estimate of drug-likeness (QED) is 0.781. The summed E-state index contributed by atoms with van der Waals surface area (Å²) in [5, 5.41) is 3.25. The molecular weight excluding hydrogens is 186 g/mol. The SMILES string of the molecule is Cc1cccc(Nc2ccc(N)nc2)c1. The van der Waals surface area contributed by atoms with Crippen molar-refractivity contribution in [3.05, 3.63) is 48.2 Å². The highest BCUT2D eigenvalue weighted by atomic mass is 14.9. The number of aromatic nitrogens is 1. The summed E-state index contributed by atoms with van der Waals surface area (Å²) in [5.74, 6) is 0.532.